The van der Waals surface area contributed by atoms with E-state index < -0.39 is 0 Å². The zero-order valence-corrected chi connectivity index (χ0v) is 10.5. The van der Waals surface area contributed by atoms with Crippen molar-refractivity contribution in [2.24, 2.45) is 0 Å². The number of hydrogen-bond acceptors (Lipinski definition) is 4. The smallest absolute Gasteiger partial charge is 0.305 e. The number of aromatic nitrogens is 1. The molecule has 0 radical (unpaired) electrons. The van der Waals surface area contributed by atoms with E-state index in [1.165, 1.54) is 7.11 Å². The average Bonchev–Trinajstić information content (AvgIpc) is 2.35. The van der Waals surface area contributed by atoms with Crippen molar-refractivity contribution in [2.75, 3.05) is 19.0 Å². The molecule has 0 saturated carbocycles. The monoisotopic (exact) mass is 236 g/mol. The van der Waals surface area contributed by atoms with Gasteiger partial charge in [0.25, 0.3) is 0 Å². The van der Waals surface area contributed by atoms with E-state index in [0.29, 0.717) is 6.42 Å². The highest BCUT2D eigenvalue weighted by atomic mass is 16.5. The van der Waals surface area contributed by atoms with Crippen molar-refractivity contribution in [3.63, 3.8) is 0 Å². The van der Waals surface area contributed by atoms with Crippen molar-refractivity contribution < 1.29 is 9.53 Å². The van der Waals surface area contributed by atoms with Crippen molar-refractivity contribution in [3.05, 3.63) is 23.9 Å². The largest absolute Gasteiger partial charge is 0.469 e. The van der Waals surface area contributed by atoms with Crippen LogP contribution in [0.4, 0.5) is 5.82 Å². The van der Waals surface area contributed by atoms with Crippen LogP contribution in [0.1, 0.15) is 31.2 Å². The van der Waals surface area contributed by atoms with Gasteiger partial charge < -0.3 is 10.1 Å². The molecular weight excluding hydrogens is 216 g/mol. The molecule has 4 heteroatoms. The Morgan fingerprint density at radius 1 is 1.35 bits per heavy atom. The second kappa shape index (κ2) is 7.65. The van der Waals surface area contributed by atoms with Crippen molar-refractivity contribution in [1.82, 2.24) is 4.98 Å². The molecule has 0 unspecified atom stereocenters. The molecule has 0 atom stereocenters. The first-order valence-electron chi connectivity index (χ1n) is 5.95. The van der Waals surface area contributed by atoms with Crippen LogP contribution in [-0.2, 0) is 9.53 Å². The summed E-state index contributed by atoms with van der Waals surface area (Å²) >= 11 is 0. The number of pyridine rings is 1. The molecule has 0 aromatic carbocycles. The van der Waals surface area contributed by atoms with E-state index in [4.69, 9.17) is 0 Å². The summed E-state index contributed by atoms with van der Waals surface area (Å²) in [7, 11) is 1.42. The lowest BCUT2D eigenvalue weighted by Crippen LogP contribution is -2.04. The van der Waals surface area contributed by atoms with Crippen molar-refractivity contribution >= 4 is 11.8 Å². The average molecular weight is 236 g/mol. The molecule has 0 bridgehead atoms. The van der Waals surface area contributed by atoms with E-state index in [2.05, 4.69) is 15.0 Å². The van der Waals surface area contributed by atoms with E-state index in [9.17, 15) is 4.79 Å². The number of hydrogen-bond donors (Lipinski definition) is 1. The predicted molar refractivity (Wildman–Crippen MR) is 67.9 cm³/mol. The lowest BCUT2D eigenvalue weighted by molar-refractivity contribution is -0.140. The number of aryl methyl sites for hydroxylation is 1. The Kier molecular flexibility index (Phi) is 6.07. The number of rotatable bonds is 7. The molecule has 0 aliphatic heterocycles. The van der Waals surface area contributed by atoms with Crippen LogP contribution in [0.2, 0.25) is 0 Å². The van der Waals surface area contributed by atoms with Gasteiger partial charge in [-0.1, -0.05) is 12.5 Å². The molecule has 0 amide bonds. The van der Waals surface area contributed by atoms with Crippen LogP contribution in [0, 0.1) is 6.92 Å². The highest BCUT2D eigenvalue weighted by Gasteiger charge is 1.99. The van der Waals surface area contributed by atoms with Gasteiger partial charge in [0.05, 0.1) is 7.11 Å². The maximum absolute atomic E-state index is 10.9. The number of anilines is 1. The summed E-state index contributed by atoms with van der Waals surface area (Å²) in [6, 6.07) is 4.01. The van der Waals surface area contributed by atoms with Gasteiger partial charge >= 0.3 is 5.97 Å². The third kappa shape index (κ3) is 5.90. The van der Waals surface area contributed by atoms with Gasteiger partial charge in [0.2, 0.25) is 0 Å². The number of carbonyl (C=O) groups excluding carboxylic acids is 1. The summed E-state index contributed by atoms with van der Waals surface area (Å²) in [4.78, 5) is 15.1. The first-order chi connectivity index (χ1) is 8.22. The zero-order chi connectivity index (χ0) is 12.5. The molecule has 1 aromatic rings. The van der Waals surface area contributed by atoms with Crippen LogP contribution in [0.25, 0.3) is 0 Å². The third-order valence-electron chi connectivity index (χ3n) is 2.50. The molecule has 0 fully saturated rings. The molecule has 1 heterocycles. The van der Waals surface area contributed by atoms with Gasteiger partial charge in [-0.2, -0.15) is 0 Å². The quantitative estimate of drug-likeness (QED) is 0.584. The molecule has 17 heavy (non-hydrogen) atoms. The molecule has 1 aromatic heterocycles. The van der Waals surface area contributed by atoms with Crippen LogP contribution < -0.4 is 5.32 Å². The number of nitrogens with zero attached hydrogens (tertiary/aromatic N) is 1. The summed E-state index contributed by atoms with van der Waals surface area (Å²) in [6.45, 7) is 2.90. The van der Waals surface area contributed by atoms with E-state index >= 15 is 0 Å². The second-order valence-electron chi connectivity index (χ2n) is 4.03. The highest BCUT2D eigenvalue weighted by Crippen LogP contribution is 2.05. The maximum Gasteiger partial charge on any atom is 0.305 e. The van der Waals surface area contributed by atoms with E-state index in [-0.39, 0.29) is 5.97 Å². The van der Waals surface area contributed by atoms with Crippen LogP contribution in [0.3, 0.4) is 0 Å². The molecule has 0 aliphatic carbocycles. The Morgan fingerprint density at radius 2 is 2.18 bits per heavy atom. The fourth-order valence-corrected chi connectivity index (χ4v) is 1.46. The Morgan fingerprint density at radius 3 is 2.82 bits per heavy atom. The molecular formula is C13H20N2O2. The lowest BCUT2D eigenvalue weighted by atomic mass is 10.2. The van der Waals surface area contributed by atoms with Crippen LogP contribution in [0.15, 0.2) is 18.3 Å². The maximum atomic E-state index is 10.9. The molecule has 0 saturated heterocycles. The van der Waals surface area contributed by atoms with E-state index in [1.54, 1.807) is 0 Å². The number of methoxy groups -OCH3 is 1. The second-order valence-corrected chi connectivity index (χ2v) is 4.03. The number of unbranched alkanes of at least 4 members (excludes halogenated alkanes) is 2. The number of ether oxygens (including phenoxy) is 1. The standard InChI is InChI=1S/C13H20N2O2/c1-11-7-8-12(15-10-11)14-9-5-3-4-6-13(16)17-2/h7-8,10H,3-6,9H2,1-2H3,(H,14,15). The van der Waals surface area contributed by atoms with E-state index in [1.807, 2.05) is 25.3 Å². The minimum atomic E-state index is -0.127. The van der Waals surface area contributed by atoms with Gasteiger partial charge in [-0.3, -0.25) is 4.79 Å². The summed E-state index contributed by atoms with van der Waals surface area (Å²) < 4.78 is 4.57. The van der Waals surface area contributed by atoms with Crippen LogP contribution >= 0.6 is 0 Å². The summed E-state index contributed by atoms with van der Waals surface area (Å²) in [6.07, 6.45) is 5.30. The summed E-state index contributed by atoms with van der Waals surface area (Å²) in [5, 5.41) is 3.25. The third-order valence-corrected chi connectivity index (χ3v) is 2.50. The Balaban J connectivity index is 2.04. The van der Waals surface area contributed by atoms with Crippen LogP contribution in [-0.4, -0.2) is 24.6 Å². The number of carbonyl (C=O) groups is 1. The van der Waals surface area contributed by atoms with Gasteiger partial charge in [-0.15, -0.1) is 0 Å². The number of esters is 1. The van der Waals surface area contributed by atoms with E-state index in [0.717, 1.165) is 37.2 Å². The Hall–Kier alpha value is -1.58. The normalized spacial score (nSPS) is 10.0. The molecule has 1 rings (SSSR count). The number of nitrogens with one attached hydrogen (secondary N) is 1. The molecule has 1 N–H and O–H groups in total. The summed E-state index contributed by atoms with van der Waals surface area (Å²) in [5.74, 6) is 0.779. The fourth-order valence-electron chi connectivity index (χ4n) is 1.46. The first-order valence-corrected chi connectivity index (χ1v) is 5.95. The van der Waals surface area contributed by atoms with Gasteiger partial charge in [-0.25, -0.2) is 4.98 Å². The van der Waals surface area contributed by atoms with Gasteiger partial charge in [0, 0.05) is 19.2 Å². The minimum Gasteiger partial charge on any atom is -0.469 e. The Labute approximate surface area is 102 Å². The van der Waals surface area contributed by atoms with Gasteiger partial charge in [0.1, 0.15) is 5.82 Å². The Bertz CT molecular complexity index is 336. The van der Waals surface area contributed by atoms with Crippen molar-refractivity contribution in [3.8, 4) is 0 Å². The van der Waals surface area contributed by atoms with Crippen molar-refractivity contribution in [1.29, 1.82) is 0 Å². The molecule has 4 nitrogen and oxygen atoms in total. The molecule has 94 valence electrons. The van der Waals surface area contributed by atoms with Crippen molar-refractivity contribution in [2.45, 2.75) is 32.6 Å². The molecule has 0 spiro atoms. The lowest BCUT2D eigenvalue weighted by Gasteiger charge is -2.05. The topological polar surface area (TPSA) is 51.2 Å². The highest BCUT2D eigenvalue weighted by molar-refractivity contribution is 5.68. The minimum absolute atomic E-state index is 0.127. The zero-order valence-electron chi connectivity index (χ0n) is 10.5. The molecule has 0 aliphatic rings. The first kappa shape index (κ1) is 13.5. The van der Waals surface area contributed by atoms with Crippen LogP contribution in [0.5, 0.6) is 0 Å². The predicted octanol–water partition coefficient (Wildman–Crippen LogP) is 2.54. The summed E-state index contributed by atoms with van der Waals surface area (Å²) in [5.41, 5.74) is 1.16. The van der Waals surface area contributed by atoms with Gasteiger partial charge in [-0.05, 0) is 31.4 Å². The SMILES string of the molecule is COC(=O)CCCCCNc1ccc(C)cn1. The van der Waals surface area contributed by atoms with Gasteiger partial charge in [0.15, 0.2) is 0 Å². The fraction of sp³-hybridized carbons (Fsp3) is 0.538.